The highest BCUT2D eigenvalue weighted by Crippen LogP contribution is 1.89. The summed E-state index contributed by atoms with van der Waals surface area (Å²) in [5.74, 6) is -1.51. The molecule has 0 fully saturated rings. The number of rotatable bonds is 0. The molecule has 58 valence electrons. The van der Waals surface area contributed by atoms with E-state index >= 15 is 0 Å². The fourth-order valence-corrected chi connectivity index (χ4v) is 0.301. The van der Waals surface area contributed by atoms with Crippen molar-refractivity contribution in [1.82, 2.24) is 4.81 Å². The largest absolute Gasteiger partial charge is 0.410 e. The molecule has 11 heavy (non-hydrogen) atoms. The Morgan fingerprint density at radius 3 is 2.00 bits per heavy atom. The van der Waals surface area contributed by atoms with Crippen LogP contribution in [-0.2, 0) is 14.3 Å². The fourth-order valence-electron chi connectivity index (χ4n) is 0.301. The van der Waals surface area contributed by atoms with E-state index in [2.05, 4.69) is 4.74 Å². The van der Waals surface area contributed by atoms with Crippen molar-refractivity contribution in [1.29, 1.82) is 0 Å². The number of amides is 2. The summed E-state index contributed by atoms with van der Waals surface area (Å²) in [6, 6.07) is 0. The molecule has 0 bridgehead atoms. The topological polar surface area (TPSA) is 63.7 Å². The van der Waals surface area contributed by atoms with Crippen LogP contribution in [0.2, 0.25) is 0 Å². The minimum Gasteiger partial charge on any atom is -0.377 e. The van der Waals surface area contributed by atoms with E-state index in [4.69, 9.17) is 7.98 Å². The van der Waals surface area contributed by atoms with Crippen LogP contribution in [0, 0.1) is 0 Å². The maximum Gasteiger partial charge on any atom is 0.410 e. The highest BCUT2D eigenvalue weighted by atomic mass is 16.6. The SMILES string of the molecule is [B]N(C(C)=O)C(=O)OC(C)=O. The maximum atomic E-state index is 10.5. The van der Waals surface area contributed by atoms with Gasteiger partial charge in [-0.3, -0.25) is 9.59 Å². The van der Waals surface area contributed by atoms with Crippen molar-refractivity contribution in [2.24, 2.45) is 0 Å². The minimum absolute atomic E-state index is 0.210. The number of esters is 1. The first-order chi connectivity index (χ1) is 4.95. The van der Waals surface area contributed by atoms with E-state index in [-0.39, 0.29) is 4.81 Å². The number of hydrogen-bond donors (Lipinski definition) is 0. The molecule has 0 aliphatic carbocycles. The lowest BCUT2D eigenvalue weighted by Gasteiger charge is -2.10. The van der Waals surface area contributed by atoms with Gasteiger partial charge in [-0.1, -0.05) is 0 Å². The summed E-state index contributed by atoms with van der Waals surface area (Å²) in [7, 11) is 4.87. The Balaban J connectivity index is 4.04. The number of hydrogen-bond acceptors (Lipinski definition) is 4. The molecule has 0 aromatic rings. The number of imide groups is 1. The van der Waals surface area contributed by atoms with Crippen molar-refractivity contribution in [2.75, 3.05) is 0 Å². The molecule has 0 atom stereocenters. The highest BCUT2D eigenvalue weighted by molar-refractivity contribution is 6.23. The summed E-state index contributed by atoms with van der Waals surface area (Å²) in [5.41, 5.74) is 0. The van der Waals surface area contributed by atoms with Gasteiger partial charge in [-0.25, -0.2) is 4.79 Å². The summed E-state index contributed by atoms with van der Waals surface area (Å²) in [6.45, 7) is 2.10. The van der Waals surface area contributed by atoms with Crippen LogP contribution in [-0.4, -0.2) is 30.8 Å². The third-order valence-corrected chi connectivity index (χ3v) is 0.767. The summed E-state index contributed by atoms with van der Waals surface area (Å²) in [6.07, 6.45) is -1.18. The van der Waals surface area contributed by atoms with Gasteiger partial charge in [-0.05, 0) is 0 Å². The molecule has 6 heteroatoms. The first-order valence-corrected chi connectivity index (χ1v) is 2.73. The van der Waals surface area contributed by atoms with Crippen LogP contribution in [0.15, 0.2) is 0 Å². The number of carbonyl (C=O) groups excluding carboxylic acids is 3. The number of nitrogens with zero attached hydrogens (tertiary/aromatic N) is 1. The molecule has 0 aromatic heterocycles. The molecule has 0 saturated carbocycles. The van der Waals surface area contributed by atoms with Gasteiger partial charge in [0.25, 0.3) is 0 Å². The van der Waals surface area contributed by atoms with Crippen LogP contribution >= 0.6 is 0 Å². The second kappa shape index (κ2) is 3.75. The molecule has 0 spiro atoms. The van der Waals surface area contributed by atoms with E-state index in [0.29, 0.717) is 0 Å². The van der Waals surface area contributed by atoms with Gasteiger partial charge in [0.15, 0.2) is 0 Å². The number of carbonyl (C=O) groups is 3. The summed E-state index contributed by atoms with van der Waals surface area (Å²) >= 11 is 0. The van der Waals surface area contributed by atoms with Gasteiger partial charge in [-0.15, -0.1) is 0 Å². The third-order valence-electron chi connectivity index (χ3n) is 0.767. The predicted molar refractivity (Wildman–Crippen MR) is 35.4 cm³/mol. The fraction of sp³-hybridized carbons (Fsp3) is 0.400. The average molecular weight is 155 g/mol. The summed E-state index contributed by atoms with van der Waals surface area (Å²) in [5, 5.41) is 0. The second-order valence-electron chi connectivity index (χ2n) is 1.75. The molecular formula is C5H6BNO4. The van der Waals surface area contributed by atoms with Crippen molar-refractivity contribution in [3.63, 3.8) is 0 Å². The van der Waals surface area contributed by atoms with E-state index in [9.17, 15) is 14.4 Å². The molecule has 5 nitrogen and oxygen atoms in total. The molecule has 2 amide bonds. The zero-order valence-electron chi connectivity index (χ0n) is 6.16. The lowest BCUT2D eigenvalue weighted by Crippen LogP contribution is -2.34. The van der Waals surface area contributed by atoms with Crippen LogP contribution in [0.25, 0.3) is 0 Å². The zero-order valence-corrected chi connectivity index (χ0v) is 6.16. The van der Waals surface area contributed by atoms with E-state index in [1.54, 1.807) is 0 Å². The van der Waals surface area contributed by atoms with Gasteiger partial charge in [0.05, 0.1) is 0 Å². The van der Waals surface area contributed by atoms with Crippen LogP contribution < -0.4 is 0 Å². The van der Waals surface area contributed by atoms with Crippen LogP contribution in [0.4, 0.5) is 4.79 Å². The second-order valence-corrected chi connectivity index (χ2v) is 1.75. The predicted octanol–water partition coefficient (Wildman–Crippen LogP) is -0.398. The lowest BCUT2D eigenvalue weighted by molar-refractivity contribution is -0.136. The summed E-state index contributed by atoms with van der Waals surface area (Å²) in [4.78, 5) is 31.2. The Kier molecular flexibility index (Phi) is 3.30. The Labute approximate surface area is 64.7 Å². The van der Waals surface area contributed by atoms with Gasteiger partial charge in [0.1, 0.15) is 0 Å². The van der Waals surface area contributed by atoms with E-state index in [1.807, 2.05) is 0 Å². The van der Waals surface area contributed by atoms with Crippen molar-refractivity contribution >= 4 is 26.0 Å². The van der Waals surface area contributed by atoms with Gasteiger partial charge >= 0.3 is 12.1 Å². The molecule has 0 aliphatic rings. The maximum absolute atomic E-state index is 10.5. The first-order valence-electron chi connectivity index (χ1n) is 2.73. The monoisotopic (exact) mass is 155 g/mol. The van der Waals surface area contributed by atoms with Gasteiger partial charge in [0, 0.05) is 13.8 Å². The lowest BCUT2D eigenvalue weighted by atomic mass is 10.3. The van der Waals surface area contributed by atoms with E-state index in [1.165, 1.54) is 0 Å². The molecule has 0 aliphatic heterocycles. The number of ether oxygens (including phenoxy) is 1. The van der Waals surface area contributed by atoms with Crippen LogP contribution in [0.1, 0.15) is 13.8 Å². The van der Waals surface area contributed by atoms with Crippen molar-refractivity contribution in [3.05, 3.63) is 0 Å². The standard InChI is InChI=1S/C5H6BNO4/c1-3(8)7(6)5(10)11-4(2)9/h1-2H3. The molecular weight excluding hydrogens is 149 g/mol. The van der Waals surface area contributed by atoms with Crippen molar-refractivity contribution in [2.45, 2.75) is 13.8 Å². The van der Waals surface area contributed by atoms with Crippen molar-refractivity contribution < 1.29 is 19.1 Å². The van der Waals surface area contributed by atoms with E-state index < -0.39 is 18.0 Å². The Hall–Kier alpha value is -1.33. The summed E-state index contributed by atoms with van der Waals surface area (Å²) < 4.78 is 3.98. The van der Waals surface area contributed by atoms with Crippen LogP contribution in [0.5, 0.6) is 0 Å². The quantitative estimate of drug-likeness (QED) is 0.271. The molecule has 0 N–H and O–H groups in total. The highest BCUT2D eigenvalue weighted by Gasteiger charge is 2.14. The Bertz CT molecular complexity index is 203. The smallest absolute Gasteiger partial charge is 0.377 e. The van der Waals surface area contributed by atoms with E-state index in [0.717, 1.165) is 13.8 Å². The zero-order chi connectivity index (χ0) is 9.02. The molecule has 0 aromatic carbocycles. The Morgan fingerprint density at radius 1 is 1.27 bits per heavy atom. The first kappa shape index (κ1) is 9.67. The van der Waals surface area contributed by atoms with Crippen molar-refractivity contribution in [3.8, 4) is 0 Å². The third kappa shape index (κ3) is 3.39. The molecule has 0 rings (SSSR count). The molecule has 0 unspecified atom stereocenters. The van der Waals surface area contributed by atoms with Gasteiger partial charge in [-0.2, -0.15) is 0 Å². The molecule has 2 radical (unpaired) electrons. The molecule has 0 heterocycles. The Morgan fingerprint density at radius 2 is 1.73 bits per heavy atom. The normalized spacial score (nSPS) is 8.55. The molecule has 0 saturated heterocycles. The van der Waals surface area contributed by atoms with Crippen LogP contribution in [0.3, 0.4) is 0 Å². The minimum atomic E-state index is -1.18. The van der Waals surface area contributed by atoms with Gasteiger partial charge < -0.3 is 9.55 Å². The van der Waals surface area contributed by atoms with Gasteiger partial charge in [0.2, 0.25) is 13.9 Å². The average Bonchev–Trinajstić information content (AvgIpc) is 1.84.